The zero-order valence-corrected chi connectivity index (χ0v) is 21.1. The smallest absolute Gasteiger partial charge is 0.243 e. The van der Waals surface area contributed by atoms with E-state index < -0.39 is 16.1 Å². The molecule has 1 heterocycles. The van der Waals surface area contributed by atoms with E-state index in [0.717, 1.165) is 30.7 Å². The van der Waals surface area contributed by atoms with Crippen molar-refractivity contribution >= 4 is 10.0 Å². The summed E-state index contributed by atoms with van der Waals surface area (Å²) in [6, 6.07) is 25.9. The van der Waals surface area contributed by atoms with E-state index in [9.17, 15) is 13.5 Å². The Balaban J connectivity index is 1.11. The Labute approximate surface area is 213 Å². The van der Waals surface area contributed by atoms with E-state index in [0.29, 0.717) is 42.8 Å². The predicted octanol–water partition coefficient (Wildman–Crippen LogP) is 3.70. The van der Waals surface area contributed by atoms with E-state index in [-0.39, 0.29) is 6.61 Å². The van der Waals surface area contributed by atoms with Gasteiger partial charge >= 0.3 is 0 Å². The largest absolute Gasteiger partial charge is 0.491 e. The first kappa shape index (κ1) is 26.2. The Morgan fingerprint density at radius 1 is 0.861 bits per heavy atom. The van der Waals surface area contributed by atoms with E-state index in [4.69, 9.17) is 9.47 Å². The predicted molar refractivity (Wildman–Crippen MR) is 140 cm³/mol. The lowest BCUT2D eigenvalue weighted by molar-refractivity contribution is 0.104. The van der Waals surface area contributed by atoms with Crippen LogP contribution in [0.4, 0.5) is 0 Å². The zero-order valence-electron chi connectivity index (χ0n) is 20.3. The van der Waals surface area contributed by atoms with Crippen LogP contribution in [0.3, 0.4) is 0 Å². The first-order valence-electron chi connectivity index (χ1n) is 12.3. The fourth-order valence-electron chi connectivity index (χ4n) is 4.17. The summed E-state index contributed by atoms with van der Waals surface area (Å²) >= 11 is 0. The number of sulfonamides is 1. The maximum absolute atomic E-state index is 12.8. The lowest BCUT2D eigenvalue weighted by atomic mass is 9.98. The number of aliphatic hydroxyl groups is 1. The number of benzene rings is 3. The van der Waals surface area contributed by atoms with Crippen molar-refractivity contribution in [2.75, 3.05) is 32.8 Å². The van der Waals surface area contributed by atoms with Crippen LogP contribution in [0.25, 0.3) is 0 Å². The number of hydrogen-bond donors (Lipinski definition) is 2. The number of rotatable bonds is 12. The average Bonchev–Trinajstić information content (AvgIpc) is 2.93. The van der Waals surface area contributed by atoms with Gasteiger partial charge in [0, 0.05) is 19.6 Å². The van der Waals surface area contributed by atoms with E-state index >= 15 is 0 Å². The highest BCUT2D eigenvalue weighted by Gasteiger charge is 2.29. The molecule has 192 valence electrons. The van der Waals surface area contributed by atoms with Gasteiger partial charge in [0.05, 0.1) is 4.90 Å². The van der Waals surface area contributed by atoms with E-state index in [2.05, 4.69) is 5.32 Å². The van der Waals surface area contributed by atoms with Crippen LogP contribution < -0.4 is 14.8 Å². The molecule has 0 amide bonds. The number of hydrogen-bond acceptors (Lipinski definition) is 6. The summed E-state index contributed by atoms with van der Waals surface area (Å²) in [7, 11) is -3.42. The minimum atomic E-state index is -3.42. The Morgan fingerprint density at radius 2 is 1.44 bits per heavy atom. The number of ether oxygens (including phenoxy) is 2. The highest BCUT2D eigenvalue weighted by atomic mass is 32.2. The molecule has 4 rings (SSSR count). The fraction of sp³-hybridized carbons (Fsp3) is 0.357. The first-order chi connectivity index (χ1) is 17.5. The van der Waals surface area contributed by atoms with Crippen LogP contribution in [0.1, 0.15) is 18.4 Å². The maximum atomic E-state index is 12.8. The Morgan fingerprint density at radius 3 is 2.08 bits per heavy atom. The molecule has 8 heteroatoms. The molecule has 1 aliphatic rings. The summed E-state index contributed by atoms with van der Waals surface area (Å²) in [4.78, 5) is 0.346. The molecule has 1 aliphatic heterocycles. The molecule has 3 aromatic carbocycles. The molecule has 0 bridgehead atoms. The summed E-state index contributed by atoms with van der Waals surface area (Å²) in [6.07, 6.45) is 0.951. The quantitative estimate of drug-likeness (QED) is 0.386. The Hall–Kier alpha value is -2.91. The fourth-order valence-corrected chi connectivity index (χ4v) is 5.66. The molecule has 1 fully saturated rings. The second kappa shape index (κ2) is 12.9. The van der Waals surface area contributed by atoms with Gasteiger partial charge in [-0.1, -0.05) is 48.5 Å². The molecule has 0 saturated carbocycles. The van der Waals surface area contributed by atoms with Crippen molar-refractivity contribution in [3.63, 3.8) is 0 Å². The molecule has 0 unspecified atom stereocenters. The van der Waals surface area contributed by atoms with Gasteiger partial charge in [0.15, 0.2) is 0 Å². The third-order valence-corrected chi connectivity index (χ3v) is 8.19. The summed E-state index contributed by atoms with van der Waals surface area (Å²) in [5.74, 6) is 1.81. The second-order valence-electron chi connectivity index (χ2n) is 9.03. The number of nitrogens with zero attached hydrogens (tertiary/aromatic N) is 1. The Kier molecular flexibility index (Phi) is 9.35. The van der Waals surface area contributed by atoms with Crippen LogP contribution in [-0.4, -0.2) is 56.7 Å². The van der Waals surface area contributed by atoms with Crippen molar-refractivity contribution in [1.29, 1.82) is 0 Å². The van der Waals surface area contributed by atoms with Gasteiger partial charge in [0.2, 0.25) is 10.0 Å². The van der Waals surface area contributed by atoms with Crippen LogP contribution in [0.2, 0.25) is 0 Å². The van der Waals surface area contributed by atoms with Crippen LogP contribution >= 0.6 is 0 Å². The van der Waals surface area contributed by atoms with Crippen LogP contribution in [0, 0.1) is 5.92 Å². The van der Waals surface area contributed by atoms with Crippen molar-refractivity contribution < 1.29 is 23.0 Å². The first-order valence-corrected chi connectivity index (χ1v) is 13.8. The van der Waals surface area contributed by atoms with Crippen molar-refractivity contribution in [3.05, 3.63) is 90.5 Å². The maximum Gasteiger partial charge on any atom is 0.243 e. The number of aliphatic hydroxyl groups excluding tert-OH is 1. The van der Waals surface area contributed by atoms with Crippen LogP contribution in [0.15, 0.2) is 89.8 Å². The van der Waals surface area contributed by atoms with Crippen molar-refractivity contribution in [2.45, 2.75) is 30.4 Å². The summed E-state index contributed by atoms with van der Waals surface area (Å²) in [5, 5.41) is 13.6. The van der Waals surface area contributed by atoms with Crippen molar-refractivity contribution in [3.8, 4) is 11.5 Å². The highest BCUT2D eigenvalue weighted by Crippen LogP contribution is 2.23. The molecule has 2 N–H and O–H groups in total. The molecular formula is C28H34N2O5S. The van der Waals surface area contributed by atoms with Crippen molar-refractivity contribution in [1.82, 2.24) is 9.62 Å². The topological polar surface area (TPSA) is 88.1 Å². The van der Waals surface area contributed by atoms with Crippen LogP contribution in [-0.2, 0) is 16.6 Å². The third kappa shape index (κ3) is 7.54. The SMILES string of the molecule is O=S(=O)(c1ccccc1)N1CCC(CNC[C@H](O)COc2ccc(OCc3ccccc3)cc2)CC1. The molecular weight excluding hydrogens is 476 g/mol. The third-order valence-electron chi connectivity index (χ3n) is 6.28. The number of piperidine rings is 1. The standard InChI is InChI=1S/C28H34N2O5S/c31-25(22-35-27-13-11-26(12-14-27)34-21-24-7-3-1-4-8-24)20-29-19-23-15-17-30(18-16-23)36(32,33)28-9-5-2-6-10-28/h1-14,23,25,29,31H,15-22H2/t25-/m0/s1. The second-order valence-corrected chi connectivity index (χ2v) is 11.0. The minimum Gasteiger partial charge on any atom is -0.491 e. The average molecular weight is 511 g/mol. The molecule has 3 aromatic rings. The van der Waals surface area contributed by atoms with Gasteiger partial charge in [0.25, 0.3) is 0 Å². The lowest BCUT2D eigenvalue weighted by Crippen LogP contribution is -2.42. The van der Waals surface area contributed by atoms with Gasteiger partial charge in [0.1, 0.15) is 30.8 Å². The van der Waals surface area contributed by atoms with Gasteiger partial charge in [-0.2, -0.15) is 4.31 Å². The molecule has 7 nitrogen and oxygen atoms in total. The normalized spacial score (nSPS) is 15.9. The summed E-state index contributed by atoms with van der Waals surface area (Å²) in [5.41, 5.74) is 1.11. The van der Waals surface area contributed by atoms with Gasteiger partial charge < -0.3 is 19.9 Å². The summed E-state index contributed by atoms with van der Waals surface area (Å²) in [6.45, 7) is 2.88. The van der Waals surface area contributed by atoms with Gasteiger partial charge in [-0.05, 0) is 67.3 Å². The highest BCUT2D eigenvalue weighted by molar-refractivity contribution is 7.89. The van der Waals surface area contributed by atoms with Gasteiger partial charge in [-0.25, -0.2) is 8.42 Å². The molecule has 0 radical (unpaired) electrons. The Bertz CT molecular complexity index is 1150. The van der Waals surface area contributed by atoms with E-state index in [1.807, 2.05) is 60.7 Å². The molecule has 36 heavy (non-hydrogen) atoms. The lowest BCUT2D eigenvalue weighted by Gasteiger charge is -2.31. The minimum absolute atomic E-state index is 0.185. The zero-order chi connectivity index (χ0) is 25.2. The van der Waals surface area contributed by atoms with Crippen molar-refractivity contribution in [2.24, 2.45) is 5.92 Å². The van der Waals surface area contributed by atoms with Gasteiger partial charge in [-0.3, -0.25) is 0 Å². The number of nitrogens with one attached hydrogen (secondary N) is 1. The van der Waals surface area contributed by atoms with E-state index in [1.165, 1.54) is 0 Å². The van der Waals surface area contributed by atoms with E-state index in [1.54, 1.807) is 28.6 Å². The van der Waals surface area contributed by atoms with Gasteiger partial charge in [-0.15, -0.1) is 0 Å². The molecule has 0 aliphatic carbocycles. The van der Waals surface area contributed by atoms with Crippen LogP contribution in [0.5, 0.6) is 11.5 Å². The summed E-state index contributed by atoms with van der Waals surface area (Å²) < 4.78 is 38.6. The molecule has 1 saturated heterocycles. The monoisotopic (exact) mass is 510 g/mol. The molecule has 0 aromatic heterocycles. The molecule has 0 spiro atoms. The molecule has 1 atom stereocenters.